The Morgan fingerprint density at radius 2 is 2.40 bits per heavy atom. The standard InChI is InChI=1S/C9H16N4OS/c1-3-4-7-8(15-13-12-7)9(14)11-5-6(2)10/h6H,3-5,10H2,1-2H3,(H,11,14). The van der Waals surface area contributed by atoms with E-state index in [1.165, 1.54) is 0 Å². The van der Waals surface area contributed by atoms with Crippen LogP contribution in [0.25, 0.3) is 0 Å². The van der Waals surface area contributed by atoms with Crippen LogP contribution < -0.4 is 11.1 Å². The van der Waals surface area contributed by atoms with E-state index in [0.29, 0.717) is 11.4 Å². The molecule has 0 bridgehead atoms. The van der Waals surface area contributed by atoms with Crippen LogP contribution in [0.2, 0.25) is 0 Å². The minimum atomic E-state index is -0.120. The number of hydrogen-bond donors (Lipinski definition) is 2. The van der Waals surface area contributed by atoms with E-state index in [9.17, 15) is 4.79 Å². The molecule has 5 nitrogen and oxygen atoms in total. The molecule has 0 fully saturated rings. The van der Waals surface area contributed by atoms with Crippen molar-refractivity contribution in [2.75, 3.05) is 6.54 Å². The van der Waals surface area contributed by atoms with Gasteiger partial charge in [-0.25, -0.2) is 0 Å². The van der Waals surface area contributed by atoms with Gasteiger partial charge < -0.3 is 11.1 Å². The molecule has 84 valence electrons. The number of aryl methyl sites for hydroxylation is 1. The van der Waals surface area contributed by atoms with Gasteiger partial charge in [-0.15, -0.1) is 5.10 Å². The zero-order chi connectivity index (χ0) is 11.3. The molecule has 1 heterocycles. The number of nitrogens with two attached hydrogens (primary N) is 1. The summed E-state index contributed by atoms with van der Waals surface area (Å²) in [6, 6.07) is -0.0375. The molecule has 0 spiro atoms. The van der Waals surface area contributed by atoms with Crippen molar-refractivity contribution in [3.8, 4) is 0 Å². The molecule has 1 rings (SSSR count). The molecule has 3 N–H and O–H groups in total. The van der Waals surface area contributed by atoms with Gasteiger partial charge in [0.2, 0.25) is 0 Å². The van der Waals surface area contributed by atoms with Gasteiger partial charge in [-0.1, -0.05) is 17.8 Å². The normalized spacial score (nSPS) is 12.5. The smallest absolute Gasteiger partial charge is 0.265 e. The summed E-state index contributed by atoms with van der Waals surface area (Å²) in [5.41, 5.74) is 6.33. The van der Waals surface area contributed by atoms with E-state index in [0.717, 1.165) is 30.1 Å². The number of aromatic nitrogens is 2. The SMILES string of the molecule is CCCc1nnsc1C(=O)NCC(C)N. The number of nitrogens with one attached hydrogen (secondary N) is 1. The Morgan fingerprint density at radius 3 is 3.00 bits per heavy atom. The minimum Gasteiger partial charge on any atom is -0.350 e. The van der Waals surface area contributed by atoms with Gasteiger partial charge in [-0.05, 0) is 24.9 Å². The maximum absolute atomic E-state index is 11.7. The first-order valence-electron chi connectivity index (χ1n) is 5.00. The van der Waals surface area contributed by atoms with E-state index in [1.54, 1.807) is 0 Å². The summed E-state index contributed by atoms with van der Waals surface area (Å²) in [6.07, 6.45) is 1.75. The van der Waals surface area contributed by atoms with Crippen LogP contribution in [0.1, 0.15) is 35.6 Å². The van der Waals surface area contributed by atoms with Gasteiger partial charge in [0.25, 0.3) is 5.91 Å². The van der Waals surface area contributed by atoms with Crippen LogP contribution in [0, 0.1) is 0 Å². The van der Waals surface area contributed by atoms with Crippen LogP contribution >= 0.6 is 11.5 Å². The minimum absolute atomic E-state index is 0.0375. The van der Waals surface area contributed by atoms with Crippen molar-refractivity contribution < 1.29 is 4.79 Å². The fraction of sp³-hybridized carbons (Fsp3) is 0.667. The van der Waals surface area contributed by atoms with E-state index in [-0.39, 0.29) is 11.9 Å². The summed E-state index contributed by atoms with van der Waals surface area (Å²) < 4.78 is 3.79. The Balaban J connectivity index is 2.60. The van der Waals surface area contributed by atoms with Crippen molar-refractivity contribution in [2.24, 2.45) is 5.73 Å². The average molecular weight is 228 g/mol. The molecule has 6 heteroatoms. The maximum Gasteiger partial charge on any atom is 0.265 e. The first-order chi connectivity index (χ1) is 7.15. The van der Waals surface area contributed by atoms with Crippen LogP contribution in [0.4, 0.5) is 0 Å². The summed E-state index contributed by atoms with van der Waals surface area (Å²) in [4.78, 5) is 12.3. The molecule has 0 saturated carbocycles. The molecule has 1 amide bonds. The second-order valence-electron chi connectivity index (χ2n) is 3.49. The van der Waals surface area contributed by atoms with E-state index < -0.39 is 0 Å². The molecule has 1 aromatic heterocycles. The van der Waals surface area contributed by atoms with Crippen LogP contribution in [0.5, 0.6) is 0 Å². The lowest BCUT2D eigenvalue weighted by molar-refractivity contribution is 0.0954. The molecule has 1 unspecified atom stereocenters. The first kappa shape index (κ1) is 12.1. The molecule has 1 atom stereocenters. The highest BCUT2D eigenvalue weighted by molar-refractivity contribution is 7.08. The van der Waals surface area contributed by atoms with Gasteiger partial charge in [0.1, 0.15) is 4.88 Å². The lowest BCUT2D eigenvalue weighted by atomic mass is 10.2. The Kier molecular flexibility index (Phi) is 4.64. The Morgan fingerprint density at radius 1 is 1.67 bits per heavy atom. The summed E-state index contributed by atoms with van der Waals surface area (Å²) in [5, 5.41) is 6.68. The third-order valence-electron chi connectivity index (χ3n) is 1.83. The molecule has 15 heavy (non-hydrogen) atoms. The van der Waals surface area contributed by atoms with Crippen molar-refractivity contribution in [2.45, 2.75) is 32.7 Å². The van der Waals surface area contributed by atoms with Gasteiger partial charge in [0.05, 0.1) is 5.69 Å². The van der Waals surface area contributed by atoms with Gasteiger partial charge in [-0.3, -0.25) is 4.79 Å². The van der Waals surface area contributed by atoms with Crippen LogP contribution in [-0.4, -0.2) is 28.1 Å². The molecular weight excluding hydrogens is 212 g/mol. The van der Waals surface area contributed by atoms with E-state index in [1.807, 2.05) is 13.8 Å². The lowest BCUT2D eigenvalue weighted by Crippen LogP contribution is -2.35. The lowest BCUT2D eigenvalue weighted by Gasteiger charge is -2.06. The molecule has 1 aromatic rings. The quantitative estimate of drug-likeness (QED) is 0.772. The molecule has 0 saturated heterocycles. The highest BCUT2D eigenvalue weighted by Crippen LogP contribution is 2.11. The second kappa shape index (κ2) is 5.77. The fourth-order valence-electron chi connectivity index (χ4n) is 1.12. The summed E-state index contributed by atoms with van der Waals surface area (Å²) in [7, 11) is 0. The number of amides is 1. The molecule has 0 radical (unpaired) electrons. The molecule has 0 aliphatic carbocycles. The van der Waals surface area contributed by atoms with E-state index >= 15 is 0 Å². The largest absolute Gasteiger partial charge is 0.350 e. The van der Waals surface area contributed by atoms with Gasteiger partial charge >= 0.3 is 0 Å². The fourth-order valence-corrected chi connectivity index (χ4v) is 1.74. The van der Waals surface area contributed by atoms with Crippen molar-refractivity contribution in [1.82, 2.24) is 14.9 Å². The van der Waals surface area contributed by atoms with Crippen molar-refractivity contribution >= 4 is 17.4 Å². The van der Waals surface area contributed by atoms with Gasteiger partial charge in [0, 0.05) is 12.6 Å². The van der Waals surface area contributed by atoms with Crippen molar-refractivity contribution in [3.63, 3.8) is 0 Å². The Hall–Kier alpha value is -1.01. The average Bonchev–Trinajstić information content (AvgIpc) is 2.63. The predicted octanol–water partition coefficient (Wildman–Crippen LogP) is 0.568. The zero-order valence-corrected chi connectivity index (χ0v) is 9.80. The third kappa shape index (κ3) is 3.56. The van der Waals surface area contributed by atoms with Gasteiger partial charge in [0.15, 0.2) is 0 Å². The number of hydrogen-bond acceptors (Lipinski definition) is 5. The third-order valence-corrected chi connectivity index (χ3v) is 2.60. The van der Waals surface area contributed by atoms with E-state index in [2.05, 4.69) is 14.9 Å². The topological polar surface area (TPSA) is 80.9 Å². The van der Waals surface area contributed by atoms with Crippen LogP contribution in [0.3, 0.4) is 0 Å². The Labute approximate surface area is 93.2 Å². The highest BCUT2D eigenvalue weighted by atomic mass is 32.1. The van der Waals surface area contributed by atoms with E-state index in [4.69, 9.17) is 5.73 Å². The first-order valence-corrected chi connectivity index (χ1v) is 5.77. The maximum atomic E-state index is 11.7. The second-order valence-corrected chi connectivity index (χ2v) is 4.24. The number of carbonyl (C=O) groups excluding carboxylic acids is 1. The van der Waals surface area contributed by atoms with Crippen molar-refractivity contribution in [3.05, 3.63) is 10.6 Å². The number of carbonyl (C=O) groups is 1. The van der Waals surface area contributed by atoms with Crippen LogP contribution in [0.15, 0.2) is 0 Å². The summed E-state index contributed by atoms with van der Waals surface area (Å²) in [6.45, 7) is 4.36. The summed E-state index contributed by atoms with van der Waals surface area (Å²) in [5.74, 6) is -0.120. The molecule has 0 aromatic carbocycles. The number of rotatable bonds is 5. The monoisotopic (exact) mass is 228 g/mol. The van der Waals surface area contributed by atoms with Crippen molar-refractivity contribution in [1.29, 1.82) is 0 Å². The van der Waals surface area contributed by atoms with Gasteiger partial charge in [-0.2, -0.15) is 0 Å². The Bertz CT molecular complexity index is 324. The molecule has 0 aliphatic heterocycles. The summed E-state index contributed by atoms with van der Waals surface area (Å²) >= 11 is 1.14. The van der Waals surface area contributed by atoms with Crippen LogP contribution in [-0.2, 0) is 6.42 Å². The molecule has 0 aliphatic rings. The predicted molar refractivity (Wildman–Crippen MR) is 59.9 cm³/mol. The molecular formula is C9H16N4OS. The zero-order valence-electron chi connectivity index (χ0n) is 8.99. The highest BCUT2D eigenvalue weighted by Gasteiger charge is 2.15. The number of nitrogens with zero attached hydrogens (tertiary/aromatic N) is 2.